The minimum Gasteiger partial charge on any atom is -0.374 e. The number of hydrogen-bond acceptors (Lipinski definition) is 2. The third-order valence-corrected chi connectivity index (χ3v) is 2.06. The monoisotopic (exact) mass is 232 g/mol. The van der Waals surface area contributed by atoms with Crippen molar-refractivity contribution in [3.05, 3.63) is 33.8 Å². The smallest absolute Gasteiger partial charge is 0.188 e. The van der Waals surface area contributed by atoms with E-state index in [0.29, 0.717) is 22.2 Å². The summed E-state index contributed by atoms with van der Waals surface area (Å²) in [5, 5.41) is 0.912. The maximum absolute atomic E-state index is 11.5. The van der Waals surface area contributed by atoms with Crippen LogP contribution in [-0.4, -0.2) is 19.0 Å². The zero-order valence-corrected chi connectivity index (χ0v) is 9.23. The number of carbonyl (C=O) groups excluding carboxylic acids is 1. The predicted octanol–water partition coefficient (Wildman–Crippen LogP) is 3.21. The number of halogens is 2. The summed E-state index contributed by atoms with van der Waals surface area (Å²) in [6.07, 6.45) is 0. The fraction of sp³-hybridized carbons (Fsp3) is 0.300. The van der Waals surface area contributed by atoms with E-state index in [0.717, 1.165) is 0 Å². The van der Waals surface area contributed by atoms with Gasteiger partial charge in [-0.25, -0.2) is 0 Å². The highest BCUT2D eigenvalue weighted by atomic mass is 35.5. The van der Waals surface area contributed by atoms with Crippen molar-refractivity contribution in [1.29, 1.82) is 0 Å². The first-order chi connectivity index (χ1) is 6.63. The van der Waals surface area contributed by atoms with Crippen LogP contribution in [0.2, 0.25) is 10.0 Å². The molecule has 0 spiro atoms. The number of ketones is 1. The van der Waals surface area contributed by atoms with Crippen molar-refractivity contribution in [2.24, 2.45) is 0 Å². The lowest BCUT2D eigenvalue weighted by Gasteiger charge is -2.02. The van der Waals surface area contributed by atoms with Crippen LogP contribution in [-0.2, 0) is 4.74 Å². The third kappa shape index (κ3) is 3.29. The highest BCUT2D eigenvalue weighted by Crippen LogP contribution is 2.19. The third-order valence-electron chi connectivity index (χ3n) is 1.62. The molecule has 0 radical (unpaired) electrons. The average molecular weight is 233 g/mol. The molecule has 0 fully saturated rings. The quantitative estimate of drug-likeness (QED) is 0.746. The van der Waals surface area contributed by atoms with Crippen LogP contribution >= 0.6 is 23.2 Å². The Balaban J connectivity index is 2.79. The van der Waals surface area contributed by atoms with Crippen LogP contribution in [0.15, 0.2) is 18.2 Å². The molecule has 0 aliphatic heterocycles. The molecule has 0 bridgehead atoms. The van der Waals surface area contributed by atoms with Crippen molar-refractivity contribution in [2.45, 2.75) is 6.92 Å². The first-order valence-corrected chi connectivity index (χ1v) is 4.96. The van der Waals surface area contributed by atoms with E-state index in [1.165, 1.54) is 0 Å². The second-order valence-corrected chi connectivity index (χ2v) is 3.59. The summed E-state index contributed by atoms with van der Waals surface area (Å²) in [6, 6.07) is 4.74. The molecule has 1 aromatic rings. The minimum absolute atomic E-state index is 0.0627. The Kier molecular flexibility index (Phi) is 4.39. The molecule has 0 saturated heterocycles. The van der Waals surface area contributed by atoms with E-state index in [-0.39, 0.29) is 12.4 Å². The van der Waals surface area contributed by atoms with Gasteiger partial charge in [-0.15, -0.1) is 0 Å². The molecule has 0 aromatic heterocycles. The van der Waals surface area contributed by atoms with Gasteiger partial charge in [-0.2, -0.15) is 0 Å². The highest BCUT2D eigenvalue weighted by Gasteiger charge is 2.07. The van der Waals surface area contributed by atoms with E-state index in [1.54, 1.807) is 18.2 Å². The summed E-state index contributed by atoms with van der Waals surface area (Å²) >= 11 is 11.5. The SMILES string of the molecule is CCOCC(=O)c1cc(Cl)cc(Cl)c1. The van der Waals surface area contributed by atoms with E-state index in [4.69, 9.17) is 27.9 Å². The maximum atomic E-state index is 11.5. The molecule has 0 amide bonds. The van der Waals surface area contributed by atoms with Gasteiger partial charge in [0.1, 0.15) is 6.61 Å². The van der Waals surface area contributed by atoms with Gasteiger partial charge in [0, 0.05) is 22.2 Å². The molecule has 0 saturated carbocycles. The fourth-order valence-electron chi connectivity index (χ4n) is 0.993. The standard InChI is InChI=1S/C10H10Cl2O2/c1-2-14-6-10(13)7-3-8(11)5-9(12)4-7/h3-5H,2,6H2,1H3. The number of hydrogen-bond donors (Lipinski definition) is 0. The van der Waals surface area contributed by atoms with Crippen LogP contribution in [0.3, 0.4) is 0 Å². The lowest BCUT2D eigenvalue weighted by molar-refractivity contribution is 0.0783. The Hall–Kier alpha value is -0.570. The number of Topliss-reactive ketones (excluding diaryl/α,β-unsaturated/α-hetero) is 1. The summed E-state index contributed by atoms with van der Waals surface area (Å²) in [6.45, 7) is 2.41. The molecule has 1 aromatic carbocycles. The Morgan fingerprint density at radius 3 is 2.36 bits per heavy atom. The van der Waals surface area contributed by atoms with Crippen LogP contribution in [0.25, 0.3) is 0 Å². The van der Waals surface area contributed by atoms with Gasteiger partial charge in [0.15, 0.2) is 5.78 Å². The lowest BCUT2D eigenvalue weighted by Crippen LogP contribution is -2.08. The second kappa shape index (κ2) is 5.35. The topological polar surface area (TPSA) is 26.3 Å². The molecule has 0 N–H and O–H groups in total. The zero-order chi connectivity index (χ0) is 10.6. The highest BCUT2D eigenvalue weighted by molar-refractivity contribution is 6.35. The van der Waals surface area contributed by atoms with Gasteiger partial charge in [-0.3, -0.25) is 4.79 Å². The normalized spacial score (nSPS) is 10.2. The summed E-state index contributed by atoms with van der Waals surface area (Å²) in [5.41, 5.74) is 0.482. The first kappa shape index (κ1) is 11.5. The van der Waals surface area contributed by atoms with Gasteiger partial charge in [-0.05, 0) is 25.1 Å². The fourth-order valence-corrected chi connectivity index (χ4v) is 1.52. The summed E-state index contributed by atoms with van der Waals surface area (Å²) in [7, 11) is 0. The number of carbonyl (C=O) groups is 1. The molecule has 14 heavy (non-hydrogen) atoms. The molecular weight excluding hydrogens is 223 g/mol. The molecule has 0 aliphatic carbocycles. The zero-order valence-electron chi connectivity index (χ0n) is 7.72. The molecule has 4 heteroatoms. The van der Waals surface area contributed by atoms with Crippen LogP contribution in [0.1, 0.15) is 17.3 Å². The maximum Gasteiger partial charge on any atom is 0.188 e. The van der Waals surface area contributed by atoms with Gasteiger partial charge < -0.3 is 4.74 Å². The average Bonchev–Trinajstić information content (AvgIpc) is 2.12. The van der Waals surface area contributed by atoms with E-state index >= 15 is 0 Å². The van der Waals surface area contributed by atoms with Crippen molar-refractivity contribution in [1.82, 2.24) is 0 Å². The predicted molar refractivity (Wildman–Crippen MR) is 57.3 cm³/mol. The molecule has 0 unspecified atom stereocenters. The Morgan fingerprint density at radius 1 is 1.29 bits per heavy atom. The van der Waals surface area contributed by atoms with Crippen molar-refractivity contribution >= 4 is 29.0 Å². The molecule has 0 heterocycles. The second-order valence-electron chi connectivity index (χ2n) is 2.72. The molecule has 2 nitrogen and oxygen atoms in total. The van der Waals surface area contributed by atoms with Gasteiger partial charge in [0.25, 0.3) is 0 Å². The Bertz CT molecular complexity index is 317. The number of rotatable bonds is 4. The van der Waals surface area contributed by atoms with Crippen molar-refractivity contribution in [3.8, 4) is 0 Å². The van der Waals surface area contributed by atoms with Crippen LogP contribution in [0.4, 0.5) is 0 Å². The van der Waals surface area contributed by atoms with Gasteiger partial charge >= 0.3 is 0 Å². The lowest BCUT2D eigenvalue weighted by atomic mass is 10.1. The summed E-state index contributed by atoms with van der Waals surface area (Å²) in [5.74, 6) is -0.115. The number of ether oxygens (including phenoxy) is 1. The molecular formula is C10H10Cl2O2. The van der Waals surface area contributed by atoms with Crippen LogP contribution in [0.5, 0.6) is 0 Å². The Labute approximate surface area is 92.8 Å². The van der Waals surface area contributed by atoms with Gasteiger partial charge in [-0.1, -0.05) is 23.2 Å². The van der Waals surface area contributed by atoms with Gasteiger partial charge in [0.2, 0.25) is 0 Å². The van der Waals surface area contributed by atoms with Gasteiger partial charge in [0.05, 0.1) is 0 Å². The van der Waals surface area contributed by atoms with Crippen LogP contribution < -0.4 is 0 Å². The van der Waals surface area contributed by atoms with E-state index in [2.05, 4.69) is 0 Å². The summed E-state index contributed by atoms with van der Waals surface area (Å²) in [4.78, 5) is 11.5. The Morgan fingerprint density at radius 2 is 1.86 bits per heavy atom. The van der Waals surface area contributed by atoms with E-state index in [9.17, 15) is 4.79 Å². The van der Waals surface area contributed by atoms with Crippen LogP contribution in [0, 0.1) is 0 Å². The molecule has 0 atom stereocenters. The largest absolute Gasteiger partial charge is 0.374 e. The molecule has 76 valence electrons. The van der Waals surface area contributed by atoms with Crippen molar-refractivity contribution in [3.63, 3.8) is 0 Å². The summed E-state index contributed by atoms with van der Waals surface area (Å²) < 4.78 is 4.99. The van der Waals surface area contributed by atoms with Crippen molar-refractivity contribution < 1.29 is 9.53 Å². The minimum atomic E-state index is -0.115. The van der Waals surface area contributed by atoms with Crippen molar-refractivity contribution in [2.75, 3.05) is 13.2 Å². The number of benzene rings is 1. The van der Waals surface area contributed by atoms with E-state index in [1.807, 2.05) is 6.92 Å². The first-order valence-electron chi connectivity index (χ1n) is 4.20. The van der Waals surface area contributed by atoms with E-state index < -0.39 is 0 Å². The molecule has 0 aliphatic rings. The molecule has 1 rings (SSSR count).